The second-order valence-corrected chi connectivity index (χ2v) is 6.17. The van der Waals surface area contributed by atoms with Gasteiger partial charge in [-0.1, -0.05) is 34.1 Å². The number of aryl methyl sites for hydroxylation is 1. The number of carbonyl (C=O) groups excluding carboxylic acids is 1. The van der Waals surface area contributed by atoms with Crippen LogP contribution in [0.3, 0.4) is 0 Å². The molecule has 0 spiro atoms. The summed E-state index contributed by atoms with van der Waals surface area (Å²) in [5, 5.41) is 5.91. The normalized spacial score (nSPS) is 10.2. The number of anilines is 3. The fourth-order valence-electron chi connectivity index (χ4n) is 2.13. The third-order valence-corrected chi connectivity index (χ3v) is 3.76. The Balaban J connectivity index is 1.68. The quantitative estimate of drug-likeness (QED) is 0.694. The third-order valence-electron chi connectivity index (χ3n) is 3.27. The zero-order valence-corrected chi connectivity index (χ0v) is 14.5. The maximum atomic E-state index is 12.2. The monoisotopic (exact) mass is 382 g/mol. The lowest BCUT2D eigenvalue weighted by Crippen LogP contribution is -2.13. The summed E-state index contributed by atoms with van der Waals surface area (Å²) in [7, 11) is 0. The summed E-state index contributed by atoms with van der Waals surface area (Å²) in [5.74, 6) is 0.190. The molecule has 0 aliphatic heterocycles. The lowest BCUT2D eigenvalue weighted by molar-refractivity contribution is 0.102. The van der Waals surface area contributed by atoms with Crippen LogP contribution in [0.15, 0.2) is 65.4 Å². The molecule has 3 aromatic rings. The van der Waals surface area contributed by atoms with Crippen molar-refractivity contribution in [3.8, 4) is 0 Å². The van der Waals surface area contributed by atoms with Crippen molar-refractivity contribution >= 4 is 39.2 Å². The minimum atomic E-state index is -0.254. The van der Waals surface area contributed by atoms with Crippen LogP contribution in [0, 0.1) is 6.92 Å². The molecule has 0 aliphatic rings. The highest BCUT2D eigenvalue weighted by atomic mass is 79.9. The Morgan fingerprint density at radius 1 is 1.00 bits per heavy atom. The fourth-order valence-corrected chi connectivity index (χ4v) is 2.53. The van der Waals surface area contributed by atoms with Gasteiger partial charge in [0.25, 0.3) is 5.91 Å². The standard InChI is InChI=1S/C18H15BrN4O/c1-12-4-2-6-15(8-12)23-18-20-10-13(11-21-18)17(24)22-16-7-3-5-14(19)9-16/h2-11H,1H3,(H,22,24)(H,20,21,23). The molecule has 0 fully saturated rings. The van der Waals surface area contributed by atoms with Crippen molar-refractivity contribution in [2.75, 3.05) is 10.6 Å². The highest BCUT2D eigenvalue weighted by Crippen LogP contribution is 2.17. The Morgan fingerprint density at radius 3 is 2.42 bits per heavy atom. The maximum Gasteiger partial charge on any atom is 0.258 e. The van der Waals surface area contributed by atoms with Gasteiger partial charge < -0.3 is 10.6 Å². The van der Waals surface area contributed by atoms with E-state index < -0.39 is 0 Å². The first-order valence-corrected chi connectivity index (χ1v) is 8.12. The van der Waals surface area contributed by atoms with E-state index in [0.29, 0.717) is 17.2 Å². The van der Waals surface area contributed by atoms with Crippen LogP contribution in [-0.4, -0.2) is 15.9 Å². The third kappa shape index (κ3) is 4.17. The van der Waals surface area contributed by atoms with Crippen LogP contribution in [-0.2, 0) is 0 Å². The molecule has 0 unspecified atom stereocenters. The highest BCUT2D eigenvalue weighted by molar-refractivity contribution is 9.10. The maximum absolute atomic E-state index is 12.2. The largest absolute Gasteiger partial charge is 0.324 e. The average Bonchev–Trinajstić information content (AvgIpc) is 2.55. The van der Waals surface area contributed by atoms with E-state index in [4.69, 9.17) is 0 Å². The molecule has 3 rings (SSSR count). The predicted octanol–water partition coefficient (Wildman–Crippen LogP) is 4.54. The van der Waals surface area contributed by atoms with Crippen molar-refractivity contribution in [2.45, 2.75) is 6.92 Å². The topological polar surface area (TPSA) is 66.9 Å². The van der Waals surface area contributed by atoms with E-state index in [1.165, 1.54) is 12.4 Å². The molecule has 1 heterocycles. The van der Waals surface area contributed by atoms with Gasteiger partial charge >= 0.3 is 0 Å². The van der Waals surface area contributed by atoms with E-state index in [0.717, 1.165) is 15.7 Å². The summed E-state index contributed by atoms with van der Waals surface area (Å²) in [4.78, 5) is 20.6. The summed E-state index contributed by atoms with van der Waals surface area (Å²) in [6, 6.07) is 15.3. The molecule has 0 saturated heterocycles. The first kappa shape index (κ1) is 16.1. The van der Waals surface area contributed by atoms with Crippen LogP contribution in [0.5, 0.6) is 0 Å². The van der Waals surface area contributed by atoms with E-state index in [9.17, 15) is 4.79 Å². The molecule has 0 radical (unpaired) electrons. The van der Waals surface area contributed by atoms with Crippen molar-refractivity contribution in [1.29, 1.82) is 0 Å². The zero-order valence-electron chi connectivity index (χ0n) is 13.0. The molecule has 120 valence electrons. The minimum Gasteiger partial charge on any atom is -0.324 e. The number of aromatic nitrogens is 2. The number of nitrogens with one attached hydrogen (secondary N) is 2. The molecular weight excluding hydrogens is 368 g/mol. The second-order valence-electron chi connectivity index (χ2n) is 5.25. The summed E-state index contributed by atoms with van der Waals surface area (Å²) in [5.41, 5.74) is 3.15. The Morgan fingerprint density at radius 2 is 1.71 bits per heavy atom. The van der Waals surface area contributed by atoms with Crippen molar-refractivity contribution in [2.24, 2.45) is 0 Å². The molecular formula is C18H15BrN4O. The van der Waals surface area contributed by atoms with E-state index >= 15 is 0 Å². The summed E-state index contributed by atoms with van der Waals surface area (Å²) >= 11 is 3.37. The molecule has 0 bridgehead atoms. The van der Waals surface area contributed by atoms with Crippen LogP contribution in [0.25, 0.3) is 0 Å². The molecule has 0 saturated carbocycles. The van der Waals surface area contributed by atoms with Gasteiger partial charge in [-0.05, 0) is 42.8 Å². The Labute approximate surface area is 148 Å². The Bertz CT molecular complexity index is 865. The highest BCUT2D eigenvalue weighted by Gasteiger charge is 2.08. The number of halogens is 1. The summed E-state index contributed by atoms with van der Waals surface area (Å²) in [6.45, 7) is 2.02. The van der Waals surface area contributed by atoms with Gasteiger partial charge in [-0.2, -0.15) is 0 Å². The van der Waals surface area contributed by atoms with Crippen LogP contribution in [0.4, 0.5) is 17.3 Å². The van der Waals surface area contributed by atoms with Gasteiger partial charge in [-0.3, -0.25) is 4.79 Å². The molecule has 24 heavy (non-hydrogen) atoms. The number of rotatable bonds is 4. The molecule has 0 aliphatic carbocycles. The molecule has 1 aromatic heterocycles. The van der Waals surface area contributed by atoms with Crippen molar-refractivity contribution < 1.29 is 4.79 Å². The van der Waals surface area contributed by atoms with E-state index in [1.54, 1.807) is 0 Å². The lowest BCUT2D eigenvalue weighted by atomic mass is 10.2. The Kier molecular flexibility index (Phi) is 4.86. The molecule has 5 nitrogen and oxygen atoms in total. The molecule has 2 aromatic carbocycles. The number of benzene rings is 2. The van der Waals surface area contributed by atoms with Gasteiger partial charge in [0.15, 0.2) is 0 Å². The van der Waals surface area contributed by atoms with Crippen molar-refractivity contribution in [1.82, 2.24) is 9.97 Å². The van der Waals surface area contributed by atoms with Gasteiger partial charge in [0.05, 0.1) is 5.56 Å². The number of nitrogens with zero attached hydrogens (tertiary/aromatic N) is 2. The zero-order chi connectivity index (χ0) is 16.9. The van der Waals surface area contributed by atoms with Gasteiger partial charge in [0, 0.05) is 28.2 Å². The van der Waals surface area contributed by atoms with E-state index in [-0.39, 0.29) is 5.91 Å². The first-order valence-electron chi connectivity index (χ1n) is 7.33. The van der Waals surface area contributed by atoms with Gasteiger partial charge in [0.1, 0.15) is 0 Å². The van der Waals surface area contributed by atoms with Gasteiger partial charge in [-0.15, -0.1) is 0 Å². The van der Waals surface area contributed by atoms with Crippen molar-refractivity contribution in [3.05, 3.63) is 76.5 Å². The predicted molar refractivity (Wildman–Crippen MR) is 98.6 cm³/mol. The number of hydrogen-bond donors (Lipinski definition) is 2. The van der Waals surface area contributed by atoms with Crippen LogP contribution < -0.4 is 10.6 Å². The van der Waals surface area contributed by atoms with Crippen LogP contribution in [0.1, 0.15) is 15.9 Å². The number of amides is 1. The lowest BCUT2D eigenvalue weighted by Gasteiger charge is -2.07. The minimum absolute atomic E-state index is 0.254. The van der Waals surface area contributed by atoms with Crippen LogP contribution in [0.2, 0.25) is 0 Å². The average molecular weight is 383 g/mol. The Hall–Kier alpha value is -2.73. The molecule has 1 amide bonds. The molecule has 0 atom stereocenters. The molecule has 2 N–H and O–H groups in total. The van der Waals surface area contributed by atoms with Crippen molar-refractivity contribution in [3.63, 3.8) is 0 Å². The van der Waals surface area contributed by atoms with E-state index in [1.807, 2.05) is 55.5 Å². The molecule has 6 heteroatoms. The first-order chi connectivity index (χ1) is 11.6. The number of carbonyl (C=O) groups is 1. The number of hydrogen-bond acceptors (Lipinski definition) is 4. The summed E-state index contributed by atoms with van der Waals surface area (Å²) in [6.07, 6.45) is 3.00. The smallest absolute Gasteiger partial charge is 0.258 e. The van der Waals surface area contributed by atoms with Crippen LogP contribution >= 0.6 is 15.9 Å². The SMILES string of the molecule is Cc1cccc(Nc2ncc(C(=O)Nc3cccc(Br)c3)cn2)c1. The van der Waals surface area contributed by atoms with E-state index in [2.05, 4.69) is 36.5 Å². The van der Waals surface area contributed by atoms with Gasteiger partial charge in [0.2, 0.25) is 5.95 Å². The fraction of sp³-hybridized carbons (Fsp3) is 0.0556. The summed E-state index contributed by atoms with van der Waals surface area (Å²) < 4.78 is 0.897. The van der Waals surface area contributed by atoms with Gasteiger partial charge in [-0.25, -0.2) is 9.97 Å². The second kappa shape index (κ2) is 7.23.